The Bertz CT molecular complexity index is 482. The van der Waals surface area contributed by atoms with Crippen LogP contribution in [0.4, 0.5) is 0 Å². The summed E-state index contributed by atoms with van der Waals surface area (Å²) in [7, 11) is 0. The van der Waals surface area contributed by atoms with Crippen molar-refractivity contribution in [2.45, 2.75) is 67.9 Å². The maximum Gasteiger partial charge on any atom is 0.245 e. The van der Waals surface area contributed by atoms with E-state index in [-0.39, 0.29) is 22.6 Å². The number of carbonyl (C=O) groups excluding carboxylic acids is 2. The van der Waals surface area contributed by atoms with Crippen LogP contribution in [0.3, 0.4) is 0 Å². The van der Waals surface area contributed by atoms with Crippen LogP contribution in [0.2, 0.25) is 0 Å². The van der Waals surface area contributed by atoms with Gasteiger partial charge in [0.25, 0.3) is 0 Å². The van der Waals surface area contributed by atoms with Crippen LogP contribution >= 0.6 is 0 Å². The lowest BCUT2D eigenvalue weighted by atomic mass is 9.84. The van der Waals surface area contributed by atoms with E-state index in [1.807, 2.05) is 46.4 Å². The average molecular weight is 322 g/mol. The molecule has 1 N–H and O–H groups in total. The third kappa shape index (κ3) is 3.89. The van der Waals surface area contributed by atoms with Gasteiger partial charge in [0, 0.05) is 19.5 Å². The minimum atomic E-state index is -0.446. The summed E-state index contributed by atoms with van der Waals surface area (Å²) in [5, 5.41) is 3.01. The summed E-state index contributed by atoms with van der Waals surface area (Å²) in [4.78, 5) is 27.3. The summed E-state index contributed by atoms with van der Waals surface area (Å²) in [6, 6.07) is -0.446. The molecule has 3 unspecified atom stereocenters. The molecule has 1 saturated carbocycles. The second-order valence-corrected chi connectivity index (χ2v) is 10.4. The molecule has 0 aromatic carbocycles. The van der Waals surface area contributed by atoms with Crippen molar-refractivity contribution in [1.29, 1.82) is 0 Å². The Morgan fingerprint density at radius 3 is 1.96 bits per heavy atom. The highest BCUT2D eigenvalue weighted by molar-refractivity contribution is 5.88. The van der Waals surface area contributed by atoms with E-state index in [2.05, 4.69) is 19.2 Å². The number of nitrogens with zero attached hydrogens (tertiary/aromatic N) is 1. The third-order valence-electron chi connectivity index (χ3n) is 5.54. The van der Waals surface area contributed by atoms with Gasteiger partial charge in [-0.2, -0.15) is 0 Å². The van der Waals surface area contributed by atoms with Crippen molar-refractivity contribution < 1.29 is 9.59 Å². The van der Waals surface area contributed by atoms with Gasteiger partial charge in [0.15, 0.2) is 0 Å². The molecule has 4 heteroatoms. The summed E-state index contributed by atoms with van der Waals surface area (Å²) in [6.45, 7) is 18.4. The fourth-order valence-corrected chi connectivity index (χ4v) is 3.84. The quantitative estimate of drug-likeness (QED) is 0.868. The second kappa shape index (κ2) is 5.49. The Balaban J connectivity index is 2.02. The van der Waals surface area contributed by atoms with Crippen molar-refractivity contribution in [3.63, 3.8) is 0 Å². The molecule has 0 aromatic rings. The van der Waals surface area contributed by atoms with Crippen LogP contribution in [-0.2, 0) is 9.59 Å². The second-order valence-electron chi connectivity index (χ2n) is 10.4. The zero-order valence-corrected chi connectivity index (χ0v) is 16.1. The molecule has 4 nitrogen and oxygen atoms in total. The normalized spacial score (nSPS) is 27.4. The first-order valence-electron chi connectivity index (χ1n) is 8.81. The van der Waals surface area contributed by atoms with Gasteiger partial charge in [0.05, 0.1) is 0 Å². The standard InChI is InChI=1S/C19H34N2O2/c1-17(2,3)9-14(22)20-15(18(4,5)6)16(23)21-10-12-13(11-21)19(12,7)8/h12-13,15H,9-11H2,1-8H3,(H,20,22). The number of rotatable bonds is 3. The number of piperidine rings is 1. The van der Waals surface area contributed by atoms with Gasteiger partial charge in [-0.05, 0) is 28.1 Å². The highest BCUT2D eigenvalue weighted by atomic mass is 16.2. The van der Waals surface area contributed by atoms with E-state index in [1.54, 1.807) is 0 Å². The van der Waals surface area contributed by atoms with Gasteiger partial charge in [-0.25, -0.2) is 0 Å². The largest absolute Gasteiger partial charge is 0.344 e. The predicted octanol–water partition coefficient (Wildman–Crippen LogP) is 3.07. The van der Waals surface area contributed by atoms with E-state index in [0.29, 0.717) is 23.7 Å². The first kappa shape index (κ1) is 18.3. The van der Waals surface area contributed by atoms with Crippen molar-refractivity contribution in [3.8, 4) is 0 Å². The Morgan fingerprint density at radius 2 is 1.57 bits per heavy atom. The highest BCUT2D eigenvalue weighted by Crippen LogP contribution is 2.62. The van der Waals surface area contributed by atoms with Gasteiger partial charge in [-0.3, -0.25) is 9.59 Å². The number of amides is 2. The van der Waals surface area contributed by atoms with Gasteiger partial charge in [0.2, 0.25) is 11.8 Å². The molecule has 2 aliphatic rings. The van der Waals surface area contributed by atoms with Crippen LogP contribution in [0.25, 0.3) is 0 Å². The van der Waals surface area contributed by atoms with Crippen molar-refractivity contribution in [3.05, 3.63) is 0 Å². The summed E-state index contributed by atoms with van der Waals surface area (Å²) < 4.78 is 0. The molecular formula is C19H34N2O2. The Kier molecular flexibility index (Phi) is 4.36. The molecule has 1 aliphatic carbocycles. The predicted molar refractivity (Wildman–Crippen MR) is 92.8 cm³/mol. The maximum atomic E-state index is 13.0. The molecule has 2 fully saturated rings. The van der Waals surface area contributed by atoms with Crippen molar-refractivity contribution >= 4 is 11.8 Å². The van der Waals surface area contributed by atoms with E-state index < -0.39 is 6.04 Å². The number of nitrogens with one attached hydrogen (secondary N) is 1. The van der Waals surface area contributed by atoms with Gasteiger partial charge >= 0.3 is 0 Å². The van der Waals surface area contributed by atoms with E-state index in [9.17, 15) is 9.59 Å². The molecule has 2 rings (SSSR count). The van der Waals surface area contributed by atoms with E-state index in [0.717, 1.165) is 13.1 Å². The van der Waals surface area contributed by atoms with Crippen LogP contribution in [0.15, 0.2) is 0 Å². The molecule has 3 atom stereocenters. The fraction of sp³-hybridized carbons (Fsp3) is 0.895. The lowest BCUT2D eigenvalue weighted by Crippen LogP contribution is -2.55. The first-order valence-corrected chi connectivity index (χ1v) is 8.81. The lowest BCUT2D eigenvalue weighted by molar-refractivity contribution is -0.139. The molecule has 1 heterocycles. The molecule has 0 radical (unpaired) electrons. The molecule has 1 saturated heterocycles. The first-order chi connectivity index (χ1) is 10.2. The topological polar surface area (TPSA) is 49.4 Å². The van der Waals surface area contributed by atoms with Crippen LogP contribution in [0.1, 0.15) is 61.8 Å². The van der Waals surface area contributed by atoms with Gasteiger partial charge < -0.3 is 10.2 Å². The number of likely N-dealkylation sites (tertiary alicyclic amines) is 1. The Hall–Kier alpha value is -1.06. The van der Waals surface area contributed by atoms with Crippen molar-refractivity contribution in [2.75, 3.05) is 13.1 Å². The van der Waals surface area contributed by atoms with Crippen LogP contribution < -0.4 is 5.32 Å². The van der Waals surface area contributed by atoms with Gasteiger partial charge in [-0.1, -0.05) is 55.4 Å². The zero-order chi connectivity index (χ0) is 17.8. The molecular weight excluding hydrogens is 288 g/mol. The molecule has 0 spiro atoms. The Labute approximate surface area is 141 Å². The molecule has 1 aliphatic heterocycles. The lowest BCUT2D eigenvalue weighted by Gasteiger charge is -2.35. The molecule has 23 heavy (non-hydrogen) atoms. The average Bonchev–Trinajstić information content (AvgIpc) is 2.75. The van der Waals surface area contributed by atoms with Crippen LogP contribution in [-0.4, -0.2) is 35.8 Å². The molecule has 132 valence electrons. The molecule has 2 amide bonds. The minimum absolute atomic E-state index is 0.0320. The number of hydrogen-bond acceptors (Lipinski definition) is 2. The highest BCUT2D eigenvalue weighted by Gasteiger charge is 2.63. The SMILES string of the molecule is CC(C)(C)CC(=O)NC(C(=O)N1CC2C(C1)C2(C)C)C(C)(C)C. The number of carbonyl (C=O) groups is 2. The van der Waals surface area contributed by atoms with Gasteiger partial charge in [-0.15, -0.1) is 0 Å². The summed E-state index contributed by atoms with van der Waals surface area (Å²) >= 11 is 0. The number of hydrogen-bond donors (Lipinski definition) is 1. The summed E-state index contributed by atoms with van der Waals surface area (Å²) in [5.41, 5.74) is 0.0330. The monoisotopic (exact) mass is 322 g/mol. The van der Waals surface area contributed by atoms with Crippen LogP contribution in [0, 0.1) is 28.1 Å². The van der Waals surface area contributed by atoms with Gasteiger partial charge in [0.1, 0.15) is 6.04 Å². The van der Waals surface area contributed by atoms with E-state index in [4.69, 9.17) is 0 Å². The maximum absolute atomic E-state index is 13.0. The zero-order valence-electron chi connectivity index (χ0n) is 16.1. The minimum Gasteiger partial charge on any atom is -0.344 e. The summed E-state index contributed by atoms with van der Waals surface area (Å²) in [5.74, 6) is 1.33. The van der Waals surface area contributed by atoms with Crippen molar-refractivity contribution in [1.82, 2.24) is 10.2 Å². The van der Waals surface area contributed by atoms with Crippen LogP contribution in [0.5, 0.6) is 0 Å². The third-order valence-corrected chi connectivity index (χ3v) is 5.54. The van der Waals surface area contributed by atoms with Crippen molar-refractivity contribution in [2.24, 2.45) is 28.1 Å². The molecule has 0 aromatic heterocycles. The van der Waals surface area contributed by atoms with E-state index in [1.165, 1.54) is 0 Å². The smallest absolute Gasteiger partial charge is 0.245 e. The van der Waals surface area contributed by atoms with E-state index >= 15 is 0 Å². The fourth-order valence-electron chi connectivity index (χ4n) is 3.84. The Morgan fingerprint density at radius 1 is 1.09 bits per heavy atom. The number of fused-ring (bicyclic) bond motifs is 1. The molecule has 0 bridgehead atoms. The summed E-state index contributed by atoms with van der Waals surface area (Å²) in [6.07, 6.45) is 0.436.